The second-order valence-corrected chi connectivity index (χ2v) is 9.38. The predicted molar refractivity (Wildman–Crippen MR) is 134 cm³/mol. The molecule has 1 aliphatic heterocycles. The van der Waals surface area contributed by atoms with Gasteiger partial charge in [0.05, 0.1) is 6.42 Å². The van der Waals surface area contributed by atoms with Gasteiger partial charge in [-0.2, -0.15) is 0 Å². The van der Waals surface area contributed by atoms with Gasteiger partial charge in [0.2, 0.25) is 18.6 Å². The molecule has 1 aliphatic carbocycles. The van der Waals surface area contributed by atoms with Crippen molar-refractivity contribution in [3.8, 4) is 11.5 Å². The summed E-state index contributed by atoms with van der Waals surface area (Å²) in [5, 5.41) is 3.05. The zero-order valence-corrected chi connectivity index (χ0v) is 20.0. The highest BCUT2D eigenvalue weighted by Crippen LogP contribution is 2.38. The highest BCUT2D eigenvalue weighted by molar-refractivity contribution is 6.01. The number of benzene rings is 3. The average Bonchev–Trinajstić information content (AvgIpc) is 3.37. The van der Waals surface area contributed by atoms with E-state index < -0.39 is 5.54 Å². The Bertz CT molecular complexity index is 1220. The first-order chi connectivity index (χ1) is 17.5. The van der Waals surface area contributed by atoms with Gasteiger partial charge >= 0.3 is 0 Å². The van der Waals surface area contributed by atoms with Gasteiger partial charge in [0.15, 0.2) is 11.5 Å². The molecule has 0 spiro atoms. The van der Waals surface area contributed by atoms with E-state index in [1.165, 1.54) is 12.1 Å². The Labute approximate surface area is 210 Å². The minimum absolute atomic E-state index is 0.131. The van der Waals surface area contributed by atoms with Gasteiger partial charge in [0.1, 0.15) is 11.4 Å². The first kappa shape index (κ1) is 23.9. The molecular formula is C29H29FN2O4. The summed E-state index contributed by atoms with van der Waals surface area (Å²) in [5.74, 6) is 0.525. The van der Waals surface area contributed by atoms with Crippen LogP contribution < -0.4 is 14.8 Å². The van der Waals surface area contributed by atoms with Crippen molar-refractivity contribution in [2.45, 2.75) is 50.6 Å². The number of halogens is 1. The van der Waals surface area contributed by atoms with Crippen molar-refractivity contribution in [2.75, 3.05) is 12.1 Å². The van der Waals surface area contributed by atoms with Crippen LogP contribution in [0.1, 0.15) is 43.2 Å². The summed E-state index contributed by atoms with van der Waals surface area (Å²) in [6.07, 6.45) is 3.99. The lowest BCUT2D eigenvalue weighted by molar-refractivity contribution is -0.148. The van der Waals surface area contributed by atoms with Crippen LogP contribution in [-0.4, -0.2) is 29.0 Å². The Balaban J connectivity index is 1.48. The van der Waals surface area contributed by atoms with Crippen LogP contribution in [0, 0.1) is 5.82 Å². The lowest BCUT2D eigenvalue weighted by atomic mass is 9.78. The van der Waals surface area contributed by atoms with Crippen molar-refractivity contribution in [1.82, 2.24) is 4.90 Å². The number of carbonyl (C=O) groups is 2. The monoisotopic (exact) mass is 488 g/mol. The second kappa shape index (κ2) is 10.4. The fourth-order valence-electron chi connectivity index (χ4n) is 5.09. The van der Waals surface area contributed by atoms with Crippen molar-refractivity contribution >= 4 is 17.5 Å². The highest BCUT2D eigenvalue weighted by Gasteiger charge is 2.47. The molecule has 0 radical (unpaired) electrons. The Hall–Kier alpha value is -3.87. The molecule has 1 N–H and O–H groups in total. The molecule has 5 rings (SSSR count). The third-order valence-corrected chi connectivity index (χ3v) is 7.00. The smallest absolute Gasteiger partial charge is 0.250 e. The fraction of sp³-hybridized carbons (Fsp3) is 0.310. The lowest BCUT2D eigenvalue weighted by Crippen LogP contribution is -2.60. The molecule has 0 unspecified atom stereocenters. The van der Waals surface area contributed by atoms with E-state index >= 15 is 0 Å². The SMILES string of the molecule is O=C(Cc1ccccc1)N(Cc1ccc(F)cc1)C1(C(=O)Nc2ccc3c(c2)OCO3)CCCCC1. The number of nitrogens with zero attached hydrogens (tertiary/aromatic N) is 1. The summed E-state index contributed by atoms with van der Waals surface area (Å²) in [4.78, 5) is 29.5. The molecule has 2 amide bonds. The largest absolute Gasteiger partial charge is 0.454 e. The molecule has 186 valence electrons. The zero-order valence-electron chi connectivity index (χ0n) is 20.0. The molecule has 0 saturated heterocycles. The maximum absolute atomic E-state index is 14.0. The Morgan fingerprint density at radius 1 is 0.861 bits per heavy atom. The predicted octanol–water partition coefficient (Wildman–Crippen LogP) is 5.47. The van der Waals surface area contributed by atoms with E-state index in [2.05, 4.69) is 5.32 Å². The van der Waals surface area contributed by atoms with Crippen molar-refractivity contribution in [3.63, 3.8) is 0 Å². The number of hydrogen-bond acceptors (Lipinski definition) is 4. The van der Waals surface area contributed by atoms with Crippen LogP contribution in [0.2, 0.25) is 0 Å². The molecule has 1 saturated carbocycles. The van der Waals surface area contributed by atoms with Crippen LogP contribution >= 0.6 is 0 Å². The third-order valence-electron chi connectivity index (χ3n) is 7.00. The molecule has 1 fully saturated rings. The Kier molecular flexibility index (Phi) is 6.89. The maximum atomic E-state index is 14.0. The summed E-state index contributed by atoms with van der Waals surface area (Å²) in [7, 11) is 0. The first-order valence-corrected chi connectivity index (χ1v) is 12.3. The standard InChI is InChI=1S/C29H29FN2O4/c30-23-11-9-22(10-12-23)19-32(27(33)17-21-7-3-1-4-8-21)29(15-5-2-6-16-29)28(34)31-24-13-14-25-26(18-24)36-20-35-25/h1,3-4,7-14,18H,2,5-6,15-17,19-20H2,(H,31,34). The van der Waals surface area contributed by atoms with E-state index in [-0.39, 0.29) is 37.4 Å². The van der Waals surface area contributed by atoms with Gasteiger partial charge in [-0.3, -0.25) is 9.59 Å². The summed E-state index contributed by atoms with van der Waals surface area (Å²) >= 11 is 0. The molecule has 0 aromatic heterocycles. The molecular weight excluding hydrogens is 459 g/mol. The number of nitrogens with one attached hydrogen (secondary N) is 1. The molecule has 3 aromatic rings. The van der Waals surface area contributed by atoms with E-state index in [4.69, 9.17) is 9.47 Å². The van der Waals surface area contributed by atoms with Crippen molar-refractivity contribution in [2.24, 2.45) is 0 Å². The number of hydrogen-bond donors (Lipinski definition) is 1. The lowest BCUT2D eigenvalue weighted by Gasteiger charge is -2.45. The number of amides is 2. The molecule has 2 aliphatic rings. The van der Waals surface area contributed by atoms with E-state index in [0.29, 0.717) is 30.0 Å². The molecule has 1 heterocycles. The van der Waals surface area contributed by atoms with Gasteiger partial charge in [-0.05, 0) is 48.2 Å². The van der Waals surface area contributed by atoms with E-state index in [9.17, 15) is 14.0 Å². The Morgan fingerprint density at radius 2 is 1.58 bits per heavy atom. The molecule has 7 heteroatoms. The minimum Gasteiger partial charge on any atom is -0.454 e. The number of fused-ring (bicyclic) bond motifs is 1. The third kappa shape index (κ3) is 5.05. The van der Waals surface area contributed by atoms with Crippen LogP contribution in [0.4, 0.5) is 10.1 Å². The van der Waals surface area contributed by atoms with Gasteiger partial charge < -0.3 is 19.7 Å². The van der Waals surface area contributed by atoms with E-state index in [1.54, 1.807) is 35.2 Å². The summed E-state index contributed by atoms with van der Waals surface area (Å²) < 4.78 is 24.4. The van der Waals surface area contributed by atoms with Gasteiger partial charge in [-0.25, -0.2) is 4.39 Å². The second-order valence-electron chi connectivity index (χ2n) is 9.38. The van der Waals surface area contributed by atoms with Gasteiger partial charge in [0, 0.05) is 18.3 Å². The fourth-order valence-corrected chi connectivity index (χ4v) is 5.09. The van der Waals surface area contributed by atoms with Crippen LogP contribution in [0.15, 0.2) is 72.8 Å². The topological polar surface area (TPSA) is 67.9 Å². The van der Waals surface area contributed by atoms with Gasteiger partial charge in [0.25, 0.3) is 0 Å². The zero-order chi connectivity index (χ0) is 25.0. The quantitative estimate of drug-likeness (QED) is 0.479. The first-order valence-electron chi connectivity index (χ1n) is 12.3. The Morgan fingerprint density at radius 3 is 2.33 bits per heavy atom. The normalized spacial score (nSPS) is 15.8. The molecule has 6 nitrogen and oxygen atoms in total. The number of anilines is 1. The van der Waals surface area contributed by atoms with Crippen LogP contribution in [-0.2, 0) is 22.6 Å². The van der Waals surface area contributed by atoms with E-state index in [1.807, 2.05) is 30.3 Å². The summed E-state index contributed by atoms with van der Waals surface area (Å²) in [6, 6.07) is 20.9. The highest BCUT2D eigenvalue weighted by atomic mass is 19.1. The summed E-state index contributed by atoms with van der Waals surface area (Å²) in [6.45, 7) is 0.372. The van der Waals surface area contributed by atoms with Crippen LogP contribution in [0.25, 0.3) is 0 Å². The molecule has 36 heavy (non-hydrogen) atoms. The van der Waals surface area contributed by atoms with Crippen molar-refractivity contribution in [3.05, 3.63) is 89.7 Å². The number of carbonyl (C=O) groups excluding carboxylic acids is 2. The molecule has 0 atom stereocenters. The molecule has 0 bridgehead atoms. The minimum atomic E-state index is -1.02. The van der Waals surface area contributed by atoms with Crippen molar-refractivity contribution in [1.29, 1.82) is 0 Å². The molecule has 3 aromatic carbocycles. The van der Waals surface area contributed by atoms with Crippen molar-refractivity contribution < 1.29 is 23.5 Å². The number of rotatable bonds is 7. The average molecular weight is 489 g/mol. The van der Waals surface area contributed by atoms with Gasteiger partial charge in [-0.1, -0.05) is 61.7 Å². The summed E-state index contributed by atoms with van der Waals surface area (Å²) in [5.41, 5.74) is 1.23. The van der Waals surface area contributed by atoms with E-state index in [0.717, 1.165) is 30.4 Å². The van der Waals surface area contributed by atoms with Crippen LogP contribution in [0.5, 0.6) is 11.5 Å². The van der Waals surface area contributed by atoms with Crippen LogP contribution in [0.3, 0.4) is 0 Å². The van der Waals surface area contributed by atoms with Gasteiger partial charge in [-0.15, -0.1) is 0 Å². The maximum Gasteiger partial charge on any atom is 0.250 e. The number of ether oxygens (including phenoxy) is 2.